The third-order valence-corrected chi connectivity index (χ3v) is 2.01. The quantitative estimate of drug-likeness (QED) is 0.506. The molecule has 0 amide bonds. The molecule has 0 saturated heterocycles. The van der Waals surface area contributed by atoms with Crippen LogP contribution >= 0.6 is 0 Å². The van der Waals surface area contributed by atoms with E-state index in [1.165, 1.54) is 0 Å². The molecule has 0 unspecified atom stereocenters. The van der Waals surface area contributed by atoms with Gasteiger partial charge in [0, 0.05) is 0 Å². The van der Waals surface area contributed by atoms with Gasteiger partial charge in [0.25, 0.3) is 0 Å². The van der Waals surface area contributed by atoms with Gasteiger partial charge in [-0.1, -0.05) is 18.1 Å². The molecular formula is C12H16O3. The molecule has 0 aromatic carbocycles. The highest BCUT2D eigenvalue weighted by atomic mass is 16.7. The summed E-state index contributed by atoms with van der Waals surface area (Å²) < 4.78 is 16.3. The van der Waals surface area contributed by atoms with Crippen molar-refractivity contribution in [1.82, 2.24) is 0 Å². The molecule has 1 aliphatic rings. The van der Waals surface area contributed by atoms with E-state index in [9.17, 15) is 0 Å². The molecule has 3 atom stereocenters. The standard InChI is InChI=1S/C12H16O3/c1-4-8-13-11-6-7-12(14-9-5-2)15-10(11)3/h1,5-7,10-12H,2,8-9H2,3H3/t10-,11+,12+/m0/s1. The van der Waals surface area contributed by atoms with Crippen LogP contribution in [0.2, 0.25) is 0 Å². The summed E-state index contributed by atoms with van der Waals surface area (Å²) in [6, 6.07) is 0. The van der Waals surface area contributed by atoms with Gasteiger partial charge in [0.05, 0.1) is 12.7 Å². The van der Waals surface area contributed by atoms with E-state index >= 15 is 0 Å². The van der Waals surface area contributed by atoms with E-state index < -0.39 is 0 Å². The first-order chi connectivity index (χ1) is 7.27. The number of terminal acetylenes is 1. The van der Waals surface area contributed by atoms with Gasteiger partial charge >= 0.3 is 0 Å². The molecule has 3 heteroatoms. The van der Waals surface area contributed by atoms with E-state index in [0.29, 0.717) is 13.2 Å². The highest BCUT2D eigenvalue weighted by molar-refractivity contribution is 5.00. The molecule has 0 radical (unpaired) electrons. The zero-order chi connectivity index (χ0) is 11.1. The minimum absolute atomic E-state index is 0.0573. The Morgan fingerprint density at radius 2 is 2.33 bits per heavy atom. The van der Waals surface area contributed by atoms with Crippen molar-refractivity contribution in [2.75, 3.05) is 13.2 Å². The topological polar surface area (TPSA) is 27.7 Å². The van der Waals surface area contributed by atoms with Gasteiger partial charge in [-0.2, -0.15) is 0 Å². The molecule has 0 saturated carbocycles. The molecule has 0 spiro atoms. The minimum atomic E-state index is -0.316. The lowest BCUT2D eigenvalue weighted by Crippen LogP contribution is -2.36. The molecule has 3 nitrogen and oxygen atoms in total. The Balaban J connectivity index is 2.40. The van der Waals surface area contributed by atoms with Crippen LogP contribution in [0.1, 0.15) is 6.92 Å². The fraction of sp³-hybridized carbons (Fsp3) is 0.500. The van der Waals surface area contributed by atoms with Crippen LogP contribution in [0.3, 0.4) is 0 Å². The first kappa shape index (κ1) is 12.0. The van der Waals surface area contributed by atoms with Crippen molar-refractivity contribution >= 4 is 0 Å². The molecule has 0 aromatic heterocycles. The maximum atomic E-state index is 5.55. The van der Waals surface area contributed by atoms with Crippen LogP contribution in [0.25, 0.3) is 0 Å². The van der Waals surface area contributed by atoms with E-state index in [2.05, 4.69) is 12.5 Å². The predicted octanol–water partition coefficient (Wildman–Crippen LogP) is 1.51. The molecular weight excluding hydrogens is 192 g/mol. The number of hydrogen-bond donors (Lipinski definition) is 0. The monoisotopic (exact) mass is 208 g/mol. The van der Waals surface area contributed by atoms with Gasteiger partial charge in [0.15, 0.2) is 6.29 Å². The minimum Gasteiger partial charge on any atom is -0.359 e. The number of rotatable bonds is 5. The maximum Gasteiger partial charge on any atom is 0.177 e. The second kappa shape index (κ2) is 6.41. The Labute approximate surface area is 90.7 Å². The third kappa shape index (κ3) is 3.88. The Morgan fingerprint density at radius 1 is 1.53 bits per heavy atom. The van der Waals surface area contributed by atoms with Gasteiger partial charge in [-0.05, 0) is 13.0 Å². The third-order valence-electron chi connectivity index (χ3n) is 2.01. The van der Waals surface area contributed by atoms with Crippen LogP contribution in [-0.4, -0.2) is 31.7 Å². The summed E-state index contributed by atoms with van der Waals surface area (Å²) in [6.07, 6.45) is 10.1. The average Bonchev–Trinajstić information content (AvgIpc) is 2.25. The average molecular weight is 208 g/mol. The normalized spacial score (nSPS) is 29.7. The lowest BCUT2D eigenvalue weighted by atomic mass is 10.1. The summed E-state index contributed by atoms with van der Waals surface area (Å²) in [5, 5.41) is 0. The van der Waals surface area contributed by atoms with Crippen LogP contribution < -0.4 is 0 Å². The largest absolute Gasteiger partial charge is 0.359 e. The molecule has 0 aromatic rings. The molecule has 1 rings (SSSR count). The Morgan fingerprint density at radius 3 is 2.93 bits per heavy atom. The summed E-state index contributed by atoms with van der Waals surface area (Å²) in [4.78, 5) is 0. The van der Waals surface area contributed by atoms with E-state index in [4.69, 9.17) is 20.6 Å². The molecule has 0 bridgehead atoms. The summed E-state index contributed by atoms with van der Waals surface area (Å²) in [7, 11) is 0. The van der Waals surface area contributed by atoms with Gasteiger partial charge in [-0.15, -0.1) is 13.0 Å². The summed E-state index contributed by atoms with van der Waals surface area (Å²) in [6.45, 7) is 6.26. The molecule has 0 aliphatic carbocycles. The first-order valence-corrected chi connectivity index (χ1v) is 4.89. The highest BCUT2D eigenvalue weighted by Gasteiger charge is 2.23. The van der Waals surface area contributed by atoms with E-state index in [0.717, 1.165) is 0 Å². The SMILES string of the molecule is C#CCO[C@@H]1C=C[C@H](OCC=C)O[C@H]1C. The summed E-state index contributed by atoms with van der Waals surface area (Å²) >= 11 is 0. The van der Waals surface area contributed by atoms with Crippen molar-refractivity contribution < 1.29 is 14.2 Å². The fourth-order valence-corrected chi connectivity index (χ4v) is 1.28. The molecule has 0 fully saturated rings. The van der Waals surface area contributed by atoms with Gasteiger partial charge in [0.1, 0.15) is 12.7 Å². The Bertz CT molecular complexity index is 265. The van der Waals surface area contributed by atoms with Crippen LogP contribution in [0, 0.1) is 12.3 Å². The lowest BCUT2D eigenvalue weighted by molar-refractivity contribution is -0.165. The van der Waals surface area contributed by atoms with Gasteiger partial charge < -0.3 is 14.2 Å². The van der Waals surface area contributed by atoms with E-state index in [1.54, 1.807) is 6.08 Å². The predicted molar refractivity (Wildman–Crippen MR) is 58.2 cm³/mol. The smallest absolute Gasteiger partial charge is 0.177 e. The van der Waals surface area contributed by atoms with Gasteiger partial charge in [0.2, 0.25) is 0 Å². The van der Waals surface area contributed by atoms with Crippen molar-refractivity contribution in [1.29, 1.82) is 0 Å². The second-order valence-corrected chi connectivity index (χ2v) is 3.20. The molecule has 1 heterocycles. The number of hydrogen-bond acceptors (Lipinski definition) is 3. The molecule has 1 aliphatic heterocycles. The van der Waals surface area contributed by atoms with Crippen LogP contribution in [-0.2, 0) is 14.2 Å². The fourth-order valence-electron chi connectivity index (χ4n) is 1.28. The molecule has 15 heavy (non-hydrogen) atoms. The molecule has 0 N–H and O–H groups in total. The summed E-state index contributed by atoms with van der Waals surface area (Å²) in [5.74, 6) is 2.42. The molecule has 82 valence electrons. The lowest BCUT2D eigenvalue weighted by Gasteiger charge is -2.29. The van der Waals surface area contributed by atoms with Crippen LogP contribution in [0.15, 0.2) is 24.8 Å². The van der Waals surface area contributed by atoms with E-state index in [1.807, 2.05) is 19.1 Å². The highest BCUT2D eigenvalue weighted by Crippen LogP contribution is 2.16. The van der Waals surface area contributed by atoms with E-state index in [-0.39, 0.29) is 18.5 Å². The zero-order valence-electron chi connectivity index (χ0n) is 8.89. The van der Waals surface area contributed by atoms with Crippen molar-refractivity contribution in [2.45, 2.75) is 25.4 Å². The number of ether oxygens (including phenoxy) is 3. The van der Waals surface area contributed by atoms with Crippen LogP contribution in [0.4, 0.5) is 0 Å². The van der Waals surface area contributed by atoms with Crippen molar-refractivity contribution in [3.63, 3.8) is 0 Å². The van der Waals surface area contributed by atoms with Crippen molar-refractivity contribution in [3.8, 4) is 12.3 Å². The van der Waals surface area contributed by atoms with Gasteiger partial charge in [-0.3, -0.25) is 0 Å². The summed E-state index contributed by atoms with van der Waals surface area (Å²) in [5.41, 5.74) is 0. The maximum absolute atomic E-state index is 5.55. The van der Waals surface area contributed by atoms with Crippen molar-refractivity contribution in [3.05, 3.63) is 24.8 Å². The first-order valence-electron chi connectivity index (χ1n) is 4.89. The zero-order valence-corrected chi connectivity index (χ0v) is 8.89. The Kier molecular flexibility index (Phi) is 5.13. The second-order valence-electron chi connectivity index (χ2n) is 3.20. The Hall–Kier alpha value is -1.08. The van der Waals surface area contributed by atoms with Crippen molar-refractivity contribution in [2.24, 2.45) is 0 Å². The van der Waals surface area contributed by atoms with Crippen LogP contribution in [0.5, 0.6) is 0 Å². The van der Waals surface area contributed by atoms with Gasteiger partial charge in [-0.25, -0.2) is 0 Å².